The Hall–Kier alpha value is -4.60. The van der Waals surface area contributed by atoms with E-state index in [1.807, 2.05) is 26.7 Å². The highest BCUT2D eigenvalue weighted by Gasteiger charge is 2.13. The van der Waals surface area contributed by atoms with Gasteiger partial charge in [-0.3, -0.25) is 4.79 Å². The summed E-state index contributed by atoms with van der Waals surface area (Å²) >= 11 is 0. The Morgan fingerprint density at radius 2 is 2.18 bits per heavy atom. The first-order valence-corrected chi connectivity index (χ1v) is 7.32. The molecule has 1 aromatic rings. The Balaban J connectivity index is 0.000000525. The molecule has 28 heavy (non-hydrogen) atoms. The zero-order valence-corrected chi connectivity index (χ0v) is 15.2. The van der Waals surface area contributed by atoms with Gasteiger partial charge in [0.15, 0.2) is 11.3 Å². The van der Waals surface area contributed by atoms with E-state index in [-0.39, 0.29) is 16.4 Å². The number of hydrogen-bond acceptors (Lipinski definition) is 7. The van der Waals surface area contributed by atoms with Crippen LogP contribution < -0.4 is 10.9 Å². The number of imidazole rings is 1. The molecule has 0 radical (unpaired) electrons. The van der Waals surface area contributed by atoms with Crippen molar-refractivity contribution in [2.24, 2.45) is 20.8 Å². The maximum absolute atomic E-state index is 11.4. The quantitative estimate of drug-likeness (QED) is 0.192. The number of azide groups is 1. The van der Waals surface area contributed by atoms with Crippen molar-refractivity contribution < 1.29 is 9.76 Å². The van der Waals surface area contributed by atoms with E-state index in [0.29, 0.717) is 6.54 Å². The molecule has 1 aromatic heterocycles. The minimum atomic E-state index is -0.345. The largest absolute Gasteiger partial charge is 0.650 e. The lowest BCUT2D eigenvalue weighted by molar-refractivity contribution is -0.543. The smallest absolute Gasteiger partial charge is 0.240 e. The second-order valence-electron chi connectivity index (χ2n) is 5.46. The highest BCUT2D eigenvalue weighted by Crippen LogP contribution is 1.98. The molecule has 1 amide bonds. The van der Waals surface area contributed by atoms with Gasteiger partial charge in [-0.15, -0.1) is 0 Å². The molecule has 0 saturated heterocycles. The van der Waals surface area contributed by atoms with Crippen molar-refractivity contribution in [3.8, 4) is 29.9 Å². The molecule has 0 fully saturated rings. The van der Waals surface area contributed by atoms with Gasteiger partial charge in [-0.05, 0) is 30.9 Å². The molecule has 0 saturated carbocycles. The molecule has 0 aliphatic rings. The third kappa shape index (κ3) is 15.0. The molecule has 144 valence electrons. The summed E-state index contributed by atoms with van der Waals surface area (Å²) in [5, 5.41) is 32.7. The van der Waals surface area contributed by atoms with E-state index >= 15 is 0 Å². The zero-order chi connectivity index (χ0) is 21.3. The first-order valence-electron chi connectivity index (χ1n) is 7.32. The fourth-order valence-corrected chi connectivity index (χ4v) is 1.28. The Morgan fingerprint density at radius 3 is 2.75 bits per heavy atom. The maximum Gasteiger partial charge on any atom is 0.240 e. The molecule has 0 aliphatic heterocycles. The number of carbonyl (C=O) groups excluding carboxylic acids is 1. The van der Waals surface area contributed by atoms with Gasteiger partial charge in [0.1, 0.15) is 6.54 Å². The number of carbonyl (C=O) groups is 1. The molecule has 2 N–H and O–H groups in total. The first-order chi connectivity index (χ1) is 13.3. The van der Waals surface area contributed by atoms with Crippen LogP contribution in [0, 0.1) is 40.3 Å². The van der Waals surface area contributed by atoms with E-state index in [1.54, 1.807) is 28.8 Å². The monoisotopic (exact) mass is 384 g/mol. The van der Waals surface area contributed by atoms with Crippen molar-refractivity contribution in [2.75, 3.05) is 0 Å². The topological polar surface area (TPSA) is 195 Å². The van der Waals surface area contributed by atoms with Gasteiger partial charge in [0.25, 0.3) is 0 Å². The predicted molar refractivity (Wildman–Crippen MR) is 94.5 cm³/mol. The lowest BCUT2D eigenvalue weighted by Crippen LogP contribution is -2.42. The van der Waals surface area contributed by atoms with Crippen molar-refractivity contribution in [2.45, 2.75) is 32.9 Å². The first kappa shape index (κ1) is 23.4. The van der Waals surface area contributed by atoms with E-state index in [0.717, 1.165) is 0 Å². The number of hydrogen-bond donors (Lipinski definition) is 2. The van der Waals surface area contributed by atoms with Crippen molar-refractivity contribution in [1.29, 1.82) is 5.26 Å². The van der Waals surface area contributed by atoms with Crippen LogP contribution in [-0.2, 0) is 11.3 Å². The molecule has 0 unspecified atom stereocenters. The van der Waals surface area contributed by atoms with Crippen LogP contribution in [0.2, 0.25) is 0 Å². The predicted octanol–water partition coefficient (Wildman–Crippen LogP) is 1.33. The minimum absolute atomic E-state index is 0.00509. The summed E-state index contributed by atoms with van der Waals surface area (Å²) in [7, 11) is 0. The van der Waals surface area contributed by atoms with Gasteiger partial charge in [-0.1, -0.05) is 10.4 Å². The van der Waals surface area contributed by atoms with Crippen molar-refractivity contribution in [3.63, 3.8) is 0 Å². The van der Waals surface area contributed by atoms with Crippen molar-refractivity contribution in [1.82, 2.24) is 20.4 Å². The summed E-state index contributed by atoms with van der Waals surface area (Å²) in [6, 6.07) is 3.60. The van der Waals surface area contributed by atoms with E-state index < -0.39 is 0 Å². The van der Waals surface area contributed by atoms with E-state index in [4.69, 9.17) is 10.8 Å². The fourth-order valence-electron chi connectivity index (χ4n) is 1.28. The Morgan fingerprint density at radius 1 is 1.43 bits per heavy atom. The molecule has 14 heteroatoms. The molecule has 14 nitrogen and oxygen atoms in total. The molecule has 1 rings (SSSR count). The number of nitriles is 1. The van der Waals surface area contributed by atoms with Crippen LogP contribution in [-0.4, -0.2) is 26.0 Å². The minimum Gasteiger partial charge on any atom is -0.650 e. The lowest BCUT2D eigenvalue weighted by Gasteiger charge is -2.20. The Bertz CT molecular complexity index is 891. The molecular weight excluding hydrogens is 368 g/mol. The Kier molecular flexibility index (Phi) is 11.4. The van der Waals surface area contributed by atoms with Crippen molar-refractivity contribution in [3.05, 3.63) is 34.4 Å². The third-order valence-corrected chi connectivity index (χ3v) is 2.03. The molecule has 0 aliphatic carbocycles. The van der Waals surface area contributed by atoms with Gasteiger partial charge in [-0.25, -0.2) is 4.98 Å². The summed E-state index contributed by atoms with van der Waals surface area (Å²) in [5.41, 5.74) is 9.38. The SMILES string of the molecule is CC(C)(C)NC(=O)Cn1ccnc1.N#CC#CC#CN=NNN=[N+]([O-])N=[N+]=[N-]. The van der Waals surface area contributed by atoms with Crippen LogP contribution in [0.25, 0.3) is 10.4 Å². The number of aromatic nitrogens is 2. The molecule has 0 bridgehead atoms. The maximum atomic E-state index is 11.4. The van der Waals surface area contributed by atoms with Crippen LogP contribution >= 0.6 is 0 Å². The summed E-state index contributed by atoms with van der Waals surface area (Å²) in [6.45, 7) is 6.20. The second-order valence-corrected chi connectivity index (χ2v) is 5.46. The normalized spacial score (nSPS) is 9.86. The number of rotatable bonds is 5. The highest BCUT2D eigenvalue weighted by atomic mass is 16.5. The summed E-state index contributed by atoms with van der Waals surface area (Å²) < 4.78 is 1.74. The molecule has 0 aromatic carbocycles. The lowest BCUT2D eigenvalue weighted by atomic mass is 10.1. The third-order valence-electron chi connectivity index (χ3n) is 2.03. The molecule has 0 atom stereocenters. The van der Waals surface area contributed by atoms with Gasteiger partial charge in [-0.2, -0.15) is 5.26 Å². The molecule has 1 heterocycles. The zero-order valence-electron chi connectivity index (χ0n) is 15.2. The van der Waals surface area contributed by atoms with Crippen LogP contribution in [0.5, 0.6) is 0 Å². The number of nitrogens with zero attached hydrogens (tertiary/aromatic N) is 10. The van der Waals surface area contributed by atoms with Gasteiger partial charge in [0.2, 0.25) is 5.91 Å². The summed E-state index contributed by atoms with van der Waals surface area (Å²) in [6.07, 6.45) is 5.05. The van der Waals surface area contributed by atoms with E-state index in [9.17, 15) is 10.0 Å². The van der Waals surface area contributed by atoms with Crippen LogP contribution in [0.3, 0.4) is 0 Å². The van der Waals surface area contributed by atoms with Crippen LogP contribution in [0.4, 0.5) is 0 Å². The van der Waals surface area contributed by atoms with Crippen molar-refractivity contribution >= 4 is 5.91 Å². The number of nitrogens with one attached hydrogen (secondary N) is 2. The van der Waals surface area contributed by atoms with Crippen LogP contribution in [0.15, 0.2) is 39.5 Å². The number of amides is 1. The van der Waals surface area contributed by atoms with Crippen LogP contribution in [0.1, 0.15) is 20.8 Å². The van der Waals surface area contributed by atoms with Gasteiger partial charge < -0.3 is 15.1 Å². The standard InChI is InChI=1S/C9H15N3O.C5HN9O/c1-9(2,3)11-8(13)6-12-5-4-10-7-12;6-4-2-1-3-5-8-10-11-13-14(15)12-9-7/h4-5,7H,6H2,1-3H3,(H,11,13);(H,8,11). The summed E-state index contributed by atoms with van der Waals surface area (Å²) in [4.78, 5) is 17.0. The average Bonchev–Trinajstić information content (AvgIpc) is 3.09. The average molecular weight is 384 g/mol. The van der Waals surface area contributed by atoms with E-state index in [2.05, 4.69) is 53.9 Å². The molecule has 0 spiro atoms. The highest BCUT2D eigenvalue weighted by molar-refractivity contribution is 5.76. The van der Waals surface area contributed by atoms with Gasteiger partial charge in [0, 0.05) is 41.2 Å². The van der Waals surface area contributed by atoms with Gasteiger partial charge in [0.05, 0.1) is 22.8 Å². The fraction of sp³-hybridized carbons (Fsp3) is 0.357. The summed E-state index contributed by atoms with van der Waals surface area (Å²) in [5.74, 6) is 6.28. The van der Waals surface area contributed by atoms with E-state index in [1.165, 1.54) is 6.07 Å². The second kappa shape index (κ2) is 13.7. The Labute approximate surface area is 160 Å². The van der Waals surface area contributed by atoms with Gasteiger partial charge >= 0.3 is 0 Å². The molecular formula is C14H16N12O2.